The van der Waals surface area contributed by atoms with Crippen molar-refractivity contribution in [3.8, 4) is 0 Å². The Kier molecular flexibility index (Phi) is 43.2. The third kappa shape index (κ3) is 40.5. The third-order valence-electron chi connectivity index (χ3n) is 9.22. The van der Waals surface area contributed by atoms with E-state index in [1.54, 1.807) is 13.1 Å². The highest BCUT2D eigenvalue weighted by molar-refractivity contribution is 5.93. The van der Waals surface area contributed by atoms with Crippen LogP contribution in [0, 0.1) is 11.8 Å². The first kappa shape index (κ1) is 61.5. The van der Waals surface area contributed by atoms with Gasteiger partial charge in [0.2, 0.25) is 23.6 Å². The molecule has 0 aromatic heterocycles. The zero-order valence-electron chi connectivity index (χ0n) is 38.5. The Labute approximate surface area is 383 Å². The highest BCUT2D eigenvalue weighted by Crippen LogP contribution is 2.09. The van der Waals surface area contributed by atoms with E-state index in [-0.39, 0.29) is 62.3 Å². The lowest BCUT2D eigenvalue weighted by Crippen LogP contribution is -2.38. The van der Waals surface area contributed by atoms with Crippen LogP contribution in [0.5, 0.6) is 0 Å². The number of unbranched alkanes of at least 4 members (excludes halogenated alkanes) is 2. The minimum atomic E-state index is -0.881. The largest absolute Gasteiger partial charge is 0.396 e. The van der Waals surface area contributed by atoms with Gasteiger partial charge in [-0.1, -0.05) is 6.08 Å². The molecular formula is C43H79N5O17. The number of nitrogens with two attached hydrogens (primary N) is 2. The topological polar surface area (TPSA) is 314 Å². The summed E-state index contributed by atoms with van der Waals surface area (Å²) in [4.78, 5) is 70.3. The summed E-state index contributed by atoms with van der Waals surface area (Å²) in [7, 11) is 1.66. The fourth-order valence-corrected chi connectivity index (χ4v) is 5.40. The van der Waals surface area contributed by atoms with Crippen LogP contribution in [0.15, 0.2) is 12.2 Å². The van der Waals surface area contributed by atoms with Gasteiger partial charge in [0.15, 0.2) is 11.6 Å². The summed E-state index contributed by atoms with van der Waals surface area (Å²) in [5.74, 6) is -3.89. The number of carbonyl (C=O) groups is 6. The van der Waals surface area contributed by atoms with Crippen molar-refractivity contribution in [1.82, 2.24) is 16.0 Å². The van der Waals surface area contributed by atoms with E-state index in [2.05, 4.69) is 16.0 Å². The van der Waals surface area contributed by atoms with Crippen LogP contribution >= 0.6 is 0 Å². The quantitative estimate of drug-likeness (QED) is 0.0265. The summed E-state index contributed by atoms with van der Waals surface area (Å²) in [5.41, 5.74) is 10.3. The lowest BCUT2D eigenvalue weighted by molar-refractivity contribution is -0.129. The number of hydrogen-bond acceptors (Lipinski definition) is 18. The molecular weight excluding hydrogens is 858 g/mol. The van der Waals surface area contributed by atoms with Crippen molar-refractivity contribution < 1.29 is 81.6 Å². The number of aliphatic hydroxyl groups is 2. The second kappa shape index (κ2) is 45.6. The van der Waals surface area contributed by atoms with Gasteiger partial charge in [-0.3, -0.25) is 28.8 Å². The highest BCUT2D eigenvalue weighted by atomic mass is 16.6. The van der Waals surface area contributed by atoms with Crippen molar-refractivity contribution in [2.24, 2.45) is 23.3 Å². The molecule has 0 radical (unpaired) electrons. The van der Waals surface area contributed by atoms with Crippen LogP contribution in [0.1, 0.15) is 57.8 Å². The van der Waals surface area contributed by atoms with Gasteiger partial charge in [0.05, 0.1) is 150 Å². The Morgan fingerprint density at radius 2 is 0.862 bits per heavy atom. The highest BCUT2D eigenvalue weighted by Gasteiger charge is 2.23. The summed E-state index contributed by atoms with van der Waals surface area (Å²) in [6, 6.07) is -0.441. The zero-order valence-corrected chi connectivity index (χ0v) is 38.5. The number of ketones is 2. The van der Waals surface area contributed by atoms with Crippen LogP contribution in [-0.2, 0) is 71.4 Å². The molecule has 9 N–H and O–H groups in total. The van der Waals surface area contributed by atoms with Gasteiger partial charge in [0.25, 0.3) is 0 Å². The molecule has 0 spiro atoms. The van der Waals surface area contributed by atoms with Crippen molar-refractivity contribution in [3.63, 3.8) is 0 Å². The predicted octanol–water partition coefficient (Wildman–Crippen LogP) is -1.65. The Hall–Kier alpha value is -3.52. The molecule has 378 valence electrons. The fourth-order valence-electron chi connectivity index (χ4n) is 5.40. The molecule has 65 heavy (non-hydrogen) atoms. The molecule has 0 bridgehead atoms. The van der Waals surface area contributed by atoms with E-state index in [9.17, 15) is 33.9 Å². The normalized spacial score (nSPS) is 12.8. The SMILES string of the molecule is CNC(CCCCNC(=O)CCOCCOCCOCCOCCOCCOCCOCCOCCOCCC(=O)NCCC/C=C\C(=O)CC(CO)C(N)=O)C(=O)CC(CO)C(N)=O. The first-order valence-corrected chi connectivity index (χ1v) is 22.5. The number of likely N-dealkylation sites (N-methyl/N-ethyl adjacent to an activating group) is 1. The van der Waals surface area contributed by atoms with Crippen molar-refractivity contribution in [2.75, 3.05) is 152 Å². The summed E-state index contributed by atoms with van der Waals surface area (Å²) >= 11 is 0. The standard InChI is InChI=1S/C43H79N5O17/c1-46-38(39(52)32-36(34-50)43(45)56)8-4-6-12-48-41(54)10-14-58-16-18-60-20-22-62-24-26-64-28-30-65-29-27-63-25-23-61-21-19-59-17-15-57-13-9-40(53)47-11-5-2-3-7-37(51)31-35(33-49)42(44)55/h3,7,35-36,38,46,49-50H,2,4-6,8-34H2,1H3,(H2,44,55)(H2,45,56)(H,47,53)(H,48,54)/b7-3-. The Morgan fingerprint density at radius 3 is 1.22 bits per heavy atom. The number of allylic oxidation sites excluding steroid dienone is 2. The van der Waals surface area contributed by atoms with E-state index in [1.807, 2.05) is 0 Å². The smallest absolute Gasteiger partial charge is 0.223 e. The van der Waals surface area contributed by atoms with Gasteiger partial charge in [0.1, 0.15) is 0 Å². The maximum atomic E-state index is 12.3. The number of ether oxygens (including phenoxy) is 9. The van der Waals surface area contributed by atoms with E-state index in [0.717, 1.165) is 0 Å². The van der Waals surface area contributed by atoms with Gasteiger partial charge in [-0.2, -0.15) is 0 Å². The van der Waals surface area contributed by atoms with E-state index >= 15 is 0 Å². The predicted molar refractivity (Wildman–Crippen MR) is 236 cm³/mol. The number of primary amides is 2. The number of amides is 4. The summed E-state index contributed by atoms with van der Waals surface area (Å²) in [6.45, 7) is 7.19. The first-order valence-electron chi connectivity index (χ1n) is 22.5. The second-order valence-corrected chi connectivity index (χ2v) is 14.5. The third-order valence-corrected chi connectivity index (χ3v) is 9.22. The van der Waals surface area contributed by atoms with Gasteiger partial charge in [-0.15, -0.1) is 0 Å². The molecule has 0 saturated carbocycles. The monoisotopic (exact) mass is 938 g/mol. The van der Waals surface area contributed by atoms with Crippen molar-refractivity contribution in [2.45, 2.75) is 63.8 Å². The van der Waals surface area contributed by atoms with Gasteiger partial charge in [-0.25, -0.2) is 0 Å². The molecule has 3 unspecified atom stereocenters. The molecule has 0 saturated heterocycles. The number of aliphatic hydroxyl groups excluding tert-OH is 2. The molecule has 0 aromatic rings. The molecule has 0 aliphatic heterocycles. The lowest BCUT2D eigenvalue weighted by Gasteiger charge is -2.17. The number of nitrogens with one attached hydrogen (secondary N) is 3. The Bertz CT molecular complexity index is 1270. The number of rotatable bonds is 50. The summed E-state index contributed by atoms with van der Waals surface area (Å²) in [6.07, 6.45) is 6.40. The van der Waals surface area contributed by atoms with Crippen LogP contribution in [0.25, 0.3) is 0 Å². The summed E-state index contributed by atoms with van der Waals surface area (Å²) in [5, 5.41) is 26.8. The minimum absolute atomic E-state index is 0.105. The van der Waals surface area contributed by atoms with Crippen molar-refractivity contribution >= 4 is 35.2 Å². The molecule has 4 amide bonds. The number of carbonyl (C=O) groups excluding carboxylic acids is 6. The van der Waals surface area contributed by atoms with Crippen LogP contribution < -0.4 is 27.4 Å². The maximum Gasteiger partial charge on any atom is 0.223 e. The molecule has 22 heteroatoms. The van der Waals surface area contributed by atoms with Crippen LogP contribution in [0.3, 0.4) is 0 Å². The van der Waals surface area contributed by atoms with Crippen LogP contribution in [-0.4, -0.2) is 204 Å². The molecule has 0 rings (SSSR count). The number of hydrogen-bond donors (Lipinski definition) is 7. The fraction of sp³-hybridized carbons (Fsp3) is 0.814. The molecule has 0 heterocycles. The van der Waals surface area contributed by atoms with Crippen LogP contribution in [0.2, 0.25) is 0 Å². The van der Waals surface area contributed by atoms with Gasteiger partial charge < -0.3 is 80.3 Å². The second-order valence-electron chi connectivity index (χ2n) is 14.5. The number of Topliss-reactive ketones (excluding diaryl/α,β-unsaturated/α-hetero) is 1. The molecule has 0 aliphatic carbocycles. The molecule has 0 aliphatic rings. The van der Waals surface area contributed by atoms with Crippen molar-refractivity contribution in [1.29, 1.82) is 0 Å². The van der Waals surface area contributed by atoms with E-state index < -0.39 is 42.9 Å². The van der Waals surface area contributed by atoms with Gasteiger partial charge >= 0.3 is 0 Å². The first-order chi connectivity index (χ1) is 31.5. The van der Waals surface area contributed by atoms with E-state index in [0.29, 0.717) is 151 Å². The molecule has 0 aromatic carbocycles. The Morgan fingerprint density at radius 1 is 0.508 bits per heavy atom. The maximum absolute atomic E-state index is 12.3. The summed E-state index contributed by atoms with van der Waals surface area (Å²) < 4.78 is 49.1. The van der Waals surface area contributed by atoms with Crippen molar-refractivity contribution in [3.05, 3.63) is 12.2 Å². The lowest BCUT2D eigenvalue weighted by atomic mass is 9.96. The molecule has 3 atom stereocenters. The average Bonchev–Trinajstić information content (AvgIpc) is 3.28. The van der Waals surface area contributed by atoms with Gasteiger partial charge in [-0.05, 0) is 45.2 Å². The van der Waals surface area contributed by atoms with Gasteiger partial charge in [0, 0.05) is 38.8 Å². The molecule has 22 nitrogen and oxygen atoms in total. The van der Waals surface area contributed by atoms with Crippen LogP contribution in [0.4, 0.5) is 0 Å². The average molecular weight is 938 g/mol. The zero-order chi connectivity index (χ0) is 48.0. The van der Waals surface area contributed by atoms with E-state index in [4.69, 9.17) is 59.2 Å². The minimum Gasteiger partial charge on any atom is -0.396 e. The Balaban J connectivity index is 3.37. The molecule has 0 fully saturated rings. The van der Waals surface area contributed by atoms with E-state index in [1.165, 1.54) is 6.08 Å².